The van der Waals surface area contributed by atoms with Crippen LogP contribution in [0.3, 0.4) is 0 Å². The molecule has 0 spiro atoms. The quantitative estimate of drug-likeness (QED) is 0.694. The topological polar surface area (TPSA) is 12.0 Å². The average molecular weight is 373 g/mol. The molecule has 20 heavy (non-hydrogen) atoms. The highest BCUT2D eigenvalue weighted by Gasteiger charge is 2.12. The predicted octanol–water partition coefficient (Wildman–Crippen LogP) is 5.32. The normalized spacial score (nSPS) is 12.6. The highest BCUT2D eigenvalue weighted by molar-refractivity contribution is 9.10. The van der Waals surface area contributed by atoms with Crippen LogP contribution in [0, 0.1) is 0 Å². The molecule has 0 radical (unpaired) electrons. The molecule has 2 rings (SSSR count). The highest BCUT2D eigenvalue weighted by atomic mass is 79.9. The van der Waals surface area contributed by atoms with Gasteiger partial charge in [0.2, 0.25) is 0 Å². The first-order valence-electron chi connectivity index (χ1n) is 6.88. The van der Waals surface area contributed by atoms with Gasteiger partial charge in [-0.05, 0) is 54.9 Å². The van der Waals surface area contributed by atoms with Gasteiger partial charge in [-0.25, -0.2) is 0 Å². The summed E-state index contributed by atoms with van der Waals surface area (Å²) in [7, 11) is 0. The van der Waals surface area contributed by atoms with Gasteiger partial charge in [0.05, 0.1) is 0 Å². The van der Waals surface area contributed by atoms with E-state index in [9.17, 15) is 0 Å². The van der Waals surface area contributed by atoms with Crippen LogP contribution in [0.25, 0.3) is 0 Å². The molecule has 0 aliphatic heterocycles. The highest BCUT2D eigenvalue weighted by Crippen LogP contribution is 2.23. The van der Waals surface area contributed by atoms with E-state index >= 15 is 0 Å². The molecule has 1 aromatic carbocycles. The van der Waals surface area contributed by atoms with Gasteiger partial charge in [-0.2, -0.15) is 0 Å². The molecule has 1 atom stereocenters. The van der Waals surface area contributed by atoms with E-state index in [1.165, 1.54) is 10.4 Å². The molecule has 0 saturated carbocycles. The Morgan fingerprint density at radius 1 is 1.30 bits per heavy atom. The number of thiophene rings is 1. The average Bonchev–Trinajstić information content (AvgIpc) is 2.92. The van der Waals surface area contributed by atoms with Gasteiger partial charge in [-0.15, -0.1) is 11.3 Å². The Morgan fingerprint density at radius 2 is 2.15 bits per heavy atom. The van der Waals surface area contributed by atoms with Crippen molar-refractivity contribution in [1.29, 1.82) is 0 Å². The number of nitrogens with one attached hydrogen (secondary N) is 1. The zero-order valence-electron chi connectivity index (χ0n) is 11.5. The fourth-order valence-electron chi connectivity index (χ4n) is 2.19. The number of rotatable bonds is 7. The summed E-state index contributed by atoms with van der Waals surface area (Å²) in [4.78, 5) is 1.42. The van der Waals surface area contributed by atoms with Crippen molar-refractivity contribution < 1.29 is 0 Å². The second-order valence-corrected chi connectivity index (χ2v) is 7.23. The van der Waals surface area contributed by atoms with Crippen LogP contribution in [-0.2, 0) is 12.8 Å². The van der Waals surface area contributed by atoms with Crippen LogP contribution in [0.2, 0.25) is 5.02 Å². The molecule has 0 bridgehead atoms. The van der Waals surface area contributed by atoms with Gasteiger partial charge in [0.15, 0.2) is 0 Å². The first-order chi connectivity index (χ1) is 9.69. The Bertz CT molecular complexity index is 527. The van der Waals surface area contributed by atoms with Gasteiger partial charge in [-0.1, -0.05) is 46.6 Å². The number of halogens is 2. The largest absolute Gasteiger partial charge is 0.313 e. The molecule has 4 heteroatoms. The minimum atomic E-state index is 0.437. The van der Waals surface area contributed by atoms with Gasteiger partial charge < -0.3 is 5.32 Å². The maximum absolute atomic E-state index is 6.33. The molecule has 0 fully saturated rings. The summed E-state index contributed by atoms with van der Waals surface area (Å²) in [6.07, 6.45) is 3.17. The van der Waals surface area contributed by atoms with Crippen molar-refractivity contribution in [2.24, 2.45) is 0 Å². The molecule has 0 amide bonds. The molecule has 1 N–H and O–H groups in total. The molecular weight excluding hydrogens is 354 g/mol. The lowest BCUT2D eigenvalue weighted by Crippen LogP contribution is -2.33. The van der Waals surface area contributed by atoms with E-state index in [2.05, 4.69) is 57.8 Å². The van der Waals surface area contributed by atoms with Gasteiger partial charge in [0, 0.05) is 20.4 Å². The van der Waals surface area contributed by atoms with E-state index in [4.69, 9.17) is 11.6 Å². The fourth-order valence-corrected chi connectivity index (χ4v) is 3.73. The molecule has 0 aliphatic carbocycles. The molecule has 1 nitrogen and oxygen atoms in total. The van der Waals surface area contributed by atoms with Crippen molar-refractivity contribution in [3.05, 3.63) is 55.6 Å². The van der Waals surface area contributed by atoms with Gasteiger partial charge in [-0.3, -0.25) is 0 Å². The minimum Gasteiger partial charge on any atom is -0.313 e. The minimum absolute atomic E-state index is 0.437. The van der Waals surface area contributed by atoms with Crippen molar-refractivity contribution in [1.82, 2.24) is 5.32 Å². The first-order valence-corrected chi connectivity index (χ1v) is 8.93. The molecule has 2 aromatic rings. The third-order valence-corrected chi connectivity index (χ3v) is 4.94. The molecule has 1 aromatic heterocycles. The SMILES string of the molecule is CCCNC(Cc1cccs1)Cc1ccc(Br)cc1Cl. The summed E-state index contributed by atoms with van der Waals surface area (Å²) >= 11 is 11.6. The Balaban J connectivity index is 2.06. The number of benzene rings is 1. The zero-order valence-corrected chi connectivity index (χ0v) is 14.7. The van der Waals surface area contributed by atoms with Crippen molar-refractivity contribution in [2.45, 2.75) is 32.2 Å². The van der Waals surface area contributed by atoms with Crippen molar-refractivity contribution >= 4 is 38.9 Å². The molecule has 0 saturated heterocycles. The number of hydrogen-bond acceptors (Lipinski definition) is 2. The third-order valence-electron chi connectivity index (χ3n) is 3.19. The van der Waals surface area contributed by atoms with Crippen LogP contribution in [0.1, 0.15) is 23.8 Å². The second-order valence-electron chi connectivity index (χ2n) is 4.87. The van der Waals surface area contributed by atoms with E-state index in [0.717, 1.165) is 35.3 Å². The Morgan fingerprint density at radius 3 is 2.80 bits per heavy atom. The summed E-state index contributed by atoms with van der Waals surface area (Å²) in [5, 5.41) is 6.61. The van der Waals surface area contributed by atoms with E-state index in [1.54, 1.807) is 0 Å². The second kappa shape index (κ2) is 8.18. The maximum atomic E-state index is 6.33. The smallest absolute Gasteiger partial charge is 0.0449 e. The Labute approximate surface area is 138 Å². The van der Waals surface area contributed by atoms with Crippen LogP contribution in [-0.4, -0.2) is 12.6 Å². The molecule has 0 aliphatic rings. The Hall–Kier alpha value is -0.350. The molecular formula is C16H19BrClNS. The molecule has 1 heterocycles. The Kier molecular flexibility index (Phi) is 6.56. The van der Waals surface area contributed by atoms with Crippen LogP contribution in [0.4, 0.5) is 0 Å². The summed E-state index contributed by atoms with van der Waals surface area (Å²) < 4.78 is 1.03. The molecule has 1 unspecified atom stereocenters. The van der Waals surface area contributed by atoms with Crippen LogP contribution in [0.5, 0.6) is 0 Å². The predicted molar refractivity (Wildman–Crippen MR) is 93.0 cm³/mol. The molecule has 108 valence electrons. The van der Waals surface area contributed by atoms with E-state index < -0.39 is 0 Å². The van der Waals surface area contributed by atoms with Crippen LogP contribution in [0.15, 0.2) is 40.2 Å². The van der Waals surface area contributed by atoms with Gasteiger partial charge in [0.25, 0.3) is 0 Å². The van der Waals surface area contributed by atoms with Gasteiger partial charge in [0.1, 0.15) is 0 Å². The van der Waals surface area contributed by atoms with Crippen LogP contribution >= 0.6 is 38.9 Å². The third kappa shape index (κ3) is 4.88. The van der Waals surface area contributed by atoms with Crippen molar-refractivity contribution in [3.8, 4) is 0 Å². The van der Waals surface area contributed by atoms with Crippen LogP contribution < -0.4 is 5.32 Å². The lowest BCUT2D eigenvalue weighted by molar-refractivity contribution is 0.507. The van der Waals surface area contributed by atoms with Crippen molar-refractivity contribution in [3.63, 3.8) is 0 Å². The summed E-state index contributed by atoms with van der Waals surface area (Å²) in [5.41, 5.74) is 1.21. The lowest BCUT2D eigenvalue weighted by Gasteiger charge is -2.19. The van der Waals surface area contributed by atoms with Crippen molar-refractivity contribution in [2.75, 3.05) is 6.54 Å². The van der Waals surface area contributed by atoms with E-state index in [-0.39, 0.29) is 0 Å². The monoisotopic (exact) mass is 371 g/mol. The summed E-state index contributed by atoms with van der Waals surface area (Å²) in [6.45, 7) is 3.24. The number of hydrogen-bond donors (Lipinski definition) is 1. The van der Waals surface area contributed by atoms with E-state index in [0.29, 0.717) is 6.04 Å². The summed E-state index contributed by atoms with van der Waals surface area (Å²) in [5.74, 6) is 0. The maximum Gasteiger partial charge on any atom is 0.0449 e. The lowest BCUT2D eigenvalue weighted by atomic mass is 10.0. The standard InChI is InChI=1S/C16H19BrClNS/c1-2-7-19-14(11-15-4-3-8-20-15)9-12-5-6-13(17)10-16(12)18/h3-6,8,10,14,19H,2,7,9,11H2,1H3. The fraction of sp³-hybridized carbons (Fsp3) is 0.375. The summed E-state index contributed by atoms with van der Waals surface area (Å²) in [6, 6.07) is 10.9. The first kappa shape index (κ1) is 16.0. The van der Waals surface area contributed by atoms with Gasteiger partial charge >= 0.3 is 0 Å². The zero-order chi connectivity index (χ0) is 14.4. The van der Waals surface area contributed by atoms with E-state index in [1.807, 2.05) is 17.4 Å².